The molecule has 0 amide bonds. The number of nitrogens with zero attached hydrogens (tertiary/aromatic N) is 1. The molecule has 0 aliphatic rings. The summed E-state index contributed by atoms with van der Waals surface area (Å²) in [4.78, 5) is 12.5. The normalized spacial score (nSPS) is 10.5. The van der Waals surface area contributed by atoms with Gasteiger partial charge in [-0.3, -0.25) is 4.79 Å². The van der Waals surface area contributed by atoms with E-state index in [9.17, 15) is 4.79 Å². The smallest absolute Gasteiger partial charge is 0.227 e. The Bertz CT molecular complexity index is 858. The summed E-state index contributed by atoms with van der Waals surface area (Å²) in [7, 11) is 3.13. The molecule has 0 radical (unpaired) electrons. The lowest BCUT2D eigenvalue weighted by Crippen LogP contribution is -2.37. The predicted molar refractivity (Wildman–Crippen MR) is 88.0 cm³/mol. The molecule has 1 aromatic heterocycles. The maximum absolute atomic E-state index is 12.5. The summed E-state index contributed by atoms with van der Waals surface area (Å²) in [5.74, 6) is 1.19. The fourth-order valence-corrected chi connectivity index (χ4v) is 2.54. The molecule has 0 saturated heterocycles. The predicted octanol–water partition coefficient (Wildman–Crippen LogP) is 3.03. The van der Waals surface area contributed by atoms with Crippen LogP contribution >= 0.6 is 0 Å². The van der Waals surface area contributed by atoms with E-state index in [0.29, 0.717) is 17.1 Å². The van der Waals surface area contributed by atoms with Gasteiger partial charge in [-0.05, 0) is 29.7 Å². The van der Waals surface area contributed by atoms with E-state index >= 15 is 0 Å². The number of hydrogen-bond donors (Lipinski definition) is 0. The first-order valence-corrected chi connectivity index (χ1v) is 7.34. The maximum atomic E-state index is 12.5. The minimum absolute atomic E-state index is 0.0197. The second-order valence-corrected chi connectivity index (χ2v) is 5.24. The van der Waals surface area contributed by atoms with E-state index in [2.05, 4.69) is 6.07 Å². The summed E-state index contributed by atoms with van der Waals surface area (Å²) in [5, 5.41) is 2.26. The zero-order chi connectivity index (χ0) is 16.2. The van der Waals surface area contributed by atoms with Crippen molar-refractivity contribution in [3.05, 3.63) is 66.5 Å². The van der Waals surface area contributed by atoms with E-state index in [-0.39, 0.29) is 12.3 Å². The summed E-state index contributed by atoms with van der Waals surface area (Å²) in [5.41, 5.74) is 0.600. The number of methoxy groups -OCH3 is 2. The van der Waals surface area contributed by atoms with E-state index in [1.807, 2.05) is 41.2 Å². The quantitative estimate of drug-likeness (QED) is 0.537. The maximum Gasteiger partial charge on any atom is 0.227 e. The summed E-state index contributed by atoms with van der Waals surface area (Å²) < 4.78 is 12.3. The number of rotatable bonds is 5. The Hall–Kier alpha value is -2.88. The van der Waals surface area contributed by atoms with Crippen LogP contribution in [0, 0.1) is 0 Å². The number of hydrogen-bond acceptors (Lipinski definition) is 3. The van der Waals surface area contributed by atoms with Crippen molar-refractivity contribution in [2.45, 2.75) is 6.54 Å². The number of Topliss-reactive ketones (excluding diaryl/α,β-unsaturated/α-hetero) is 1. The molecule has 3 aromatic rings. The topological polar surface area (TPSA) is 39.4 Å². The van der Waals surface area contributed by atoms with Gasteiger partial charge in [0.1, 0.15) is 0 Å². The molecule has 0 unspecified atom stereocenters. The fourth-order valence-electron chi connectivity index (χ4n) is 2.54. The average Bonchev–Trinajstić information content (AvgIpc) is 2.60. The second-order valence-electron chi connectivity index (χ2n) is 5.24. The van der Waals surface area contributed by atoms with Crippen molar-refractivity contribution in [1.82, 2.24) is 0 Å². The molecule has 0 bridgehead atoms. The molecule has 116 valence electrons. The highest BCUT2D eigenvalue weighted by molar-refractivity contribution is 5.95. The number of fused-ring (bicyclic) bond motifs is 1. The SMILES string of the molecule is COc1ccc(C(=O)C[n+]2ccc3ccccc3c2)cc1OC. The summed E-state index contributed by atoms with van der Waals surface area (Å²) >= 11 is 0. The summed E-state index contributed by atoms with van der Waals surface area (Å²) in [6.07, 6.45) is 3.90. The van der Waals surface area contributed by atoms with Gasteiger partial charge in [-0.25, -0.2) is 0 Å². The van der Waals surface area contributed by atoms with Gasteiger partial charge in [0.2, 0.25) is 12.3 Å². The lowest BCUT2D eigenvalue weighted by molar-refractivity contribution is -0.681. The van der Waals surface area contributed by atoms with E-state index in [0.717, 1.165) is 10.8 Å². The Morgan fingerprint density at radius 3 is 2.43 bits per heavy atom. The monoisotopic (exact) mass is 308 g/mol. The average molecular weight is 308 g/mol. The Labute approximate surface area is 134 Å². The van der Waals surface area contributed by atoms with Crippen LogP contribution in [0.2, 0.25) is 0 Å². The van der Waals surface area contributed by atoms with Crippen LogP contribution in [0.5, 0.6) is 11.5 Å². The van der Waals surface area contributed by atoms with E-state index in [1.165, 1.54) is 0 Å². The van der Waals surface area contributed by atoms with E-state index in [4.69, 9.17) is 9.47 Å². The first-order chi connectivity index (χ1) is 11.2. The van der Waals surface area contributed by atoms with Gasteiger partial charge in [-0.2, -0.15) is 4.57 Å². The Morgan fingerprint density at radius 2 is 1.70 bits per heavy atom. The second kappa shape index (κ2) is 6.48. The molecule has 0 fully saturated rings. The van der Waals surface area contributed by atoms with Gasteiger partial charge in [0.25, 0.3) is 0 Å². The molecule has 0 spiro atoms. The van der Waals surface area contributed by atoms with Crippen LogP contribution in [0.4, 0.5) is 0 Å². The number of ketones is 1. The molecule has 23 heavy (non-hydrogen) atoms. The van der Waals surface area contributed by atoms with Gasteiger partial charge in [0.15, 0.2) is 23.9 Å². The Kier molecular flexibility index (Phi) is 4.24. The van der Waals surface area contributed by atoms with Gasteiger partial charge in [-0.15, -0.1) is 0 Å². The largest absolute Gasteiger partial charge is 0.493 e. The van der Waals surface area contributed by atoms with Crippen molar-refractivity contribution in [2.75, 3.05) is 14.2 Å². The van der Waals surface area contributed by atoms with Crippen molar-refractivity contribution in [3.8, 4) is 11.5 Å². The van der Waals surface area contributed by atoms with Crippen molar-refractivity contribution in [2.24, 2.45) is 0 Å². The number of carbonyl (C=O) groups is 1. The third kappa shape index (κ3) is 3.16. The molecule has 0 saturated carbocycles. The van der Waals surface area contributed by atoms with Crippen molar-refractivity contribution in [3.63, 3.8) is 0 Å². The highest BCUT2D eigenvalue weighted by atomic mass is 16.5. The van der Waals surface area contributed by atoms with Gasteiger partial charge in [-0.1, -0.05) is 18.2 Å². The van der Waals surface area contributed by atoms with E-state index < -0.39 is 0 Å². The number of aromatic nitrogens is 1. The van der Waals surface area contributed by atoms with Crippen LogP contribution in [0.25, 0.3) is 10.8 Å². The molecule has 3 rings (SSSR count). The Balaban J connectivity index is 1.85. The van der Waals surface area contributed by atoms with Crippen LogP contribution in [0.15, 0.2) is 60.9 Å². The third-order valence-electron chi connectivity index (χ3n) is 3.78. The fraction of sp³-hybridized carbons (Fsp3) is 0.158. The first-order valence-electron chi connectivity index (χ1n) is 7.34. The molecule has 2 aromatic carbocycles. The lowest BCUT2D eigenvalue weighted by Gasteiger charge is -2.08. The molecule has 4 nitrogen and oxygen atoms in total. The number of ether oxygens (including phenoxy) is 2. The number of benzene rings is 2. The third-order valence-corrected chi connectivity index (χ3v) is 3.78. The minimum atomic E-state index is 0.0197. The van der Waals surface area contributed by atoms with Crippen LogP contribution in [0.3, 0.4) is 0 Å². The zero-order valence-corrected chi connectivity index (χ0v) is 13.2. The summed E-state index contributed by atoms with van der Waals surface area (Å²) in [6.45, 7) is 0.278. The lowest BCUT2D eigenvalue weighted by atomic mass is 10.1. The molecular weight excluding hydrogens is 290 g/mol. The van der Waals surface area contributed by atoms with Crippen molar-refractivity contribution < 1.29 is 18.8 Å². The van der Waals surface area contributed by atoms with Crippen LogP contribution in [0.1, 0.15) is 10.4 Å². The molecule has 0 atom stereocenters. The van der Waals surface area contributed by atoms with Crippen molar-refractivity contribution in [1.29, 1.82) is 0 Å². The van der Waals surface area contributed by atoms with Gasteiger partial charge < -0.3 is 9.47 Å². The minimum Gasteiger partial charge on any atom is -0.493 e. The molecule has 0 aliphatic carbocycles. The summed E-state index contributed by atoms with van der Waals surface area (Å²) in [6, 6.07) is 15.3. The van der Waals surface area contributed by atoms with Crippen LogP contribution in [-0.4, -0.2) is 20.0 Å². The first kappa shape index (κ1) is 15.0. The molecule has 0 N–H and O–H groups in total. The molecule has 4 heteroatoms. The van der Waals surface area contributed by atoms with Gasteiger partial charge in [0.05, 0.1) is 14.2 Å². The van der Waals surface area contributed by atoms with Crippen molar-refractivity contribution >= 4 is 16.6 Å². The number of carbonyl (C=O) groups excluding carboxylic acids is 1. The van der Waals surface area contributed by atoms with Crippen LogP contribution < -0.4 is 14.0 Å². The Morgan fingerprint density at radius 1 is 0.957 bits per heavy atom. The zero-order valence-electron chi connectivity index (χ0n) is 13.2. The highest BCUT2D eigenvalue weighted by Crippen LogP contribution is 2.27. The molecular formula is C19H18NO3+. The van der Waals surface area contributed by atoms with E-state index in [1.54, 1.807) is 32.4 Å². The molecule has 1 heterocycles. The highest BCUT2D eigenvalue weighted by Gasteiger charge is 2.15. The molecule has 0 aliphatic heterocycles. The standard InChI is InChI=1S/C19H18NO3/c1-22-18-8-7-15(11-19(18)23-2)17(21)13-20-10-9-14-5-3-4-6-16(14)12-20/h3-12H,13H2,1-2H3/q+1. The van der Waals surface area contributed by atoms with Gasteiger partial charge >= 0.3 is 0 Å². The van der Waals surface area contributed by atoms with Gasteiger partial charge in [0, 0.05) is 17.0 Å². The number of pyridine rings is 1. The van der Waals surface area contributed by atoms with Crippen LogP contribution in [-0.2, 0) is 6.54 Å².